The summed E-state index contributed by atoms with van der Waals surface area (Å²) in [5.74, 6) is 0. The van der Waals surface area contributed by atoms with E-state index in [9.17, 15) is 0 Å². The maximum absolute atomic E-state index is 5.54. The molecule has 0 aromatic carbocycles. The number of hydrogen-bond donors (Lipinski definition) is 2. The first-order chi connectivity index (χ1) is 6.70. The van der Waals surface area contributed by atoms with Gasteiger partial charge in [0.05, 0.1) is 12.8 Å². The normalized spacial score (nSPS) is 11.6. The average molecular weight is 203 g/mol. The molecule has 4 nitrogen and oxygen atoms in total. The van der Waals surface area contributed by atoms with Crippen LogP contribution in [0.25, 0.3) is 0 Å². The van der Waals surface area contributed by atoms with Crippen LogP contribution in [0.5, 0.6) is 0 Å². The Bertz CT molecular complexity index is 112. The van der Waals surface area contributed by atoms with Crippen molar-refractivity contribution in [3.05, 3.63) is 0 Å². The van der Waals surface area contributed by atoms with E-state index in [-0.39, 0.29) is 6.10 Å². The third kappa shape index (κ3) is 8.44. The molecule has 0 aromatic heterocycles. The molecule has 0 heterocycles. The van der Waals surface area contributed by atoms with Gasteiger partial charge < -0.3 is 16.2 Å². The SMILES string of the molecule is CC(C)OCN(CCCN)CCCN. The average Bonchev–Trinajstić information content (AvgIpc) is 2.16. The van der Waals surface area contributed by atoms with E-state index in [0.717, 1.165) is 39.0 Å². The first-order valence-corrected chi connectivity index (χ1v) is 5.44. The predicted molar refractivity (Wildman–Crippen MR) is 60.0 cm³/mol. The van der Waals surface area contributed by atoms with E-state index in [1.54, 1.807) is 0 Å². The molecule has 4 heteroatoms. The summed E-state index contributed by atoms with van der Waals surface area (Å²) < 4.78 is 5.54. The van der Waals surface area contributed by atoms with Crippen molar-refractivity contribution < 1.29 is 4.74 Å². The fourth-order valence-corrected chi connectivity index (χ4v) is 1.13. The molecule has 86 valence electrons. The van der Waals surface area contributed by atoms with Gasteiger partial charge in [0, 0.05) is 13.1 Å². The van der Waals surface area contributed by atoms with Gasteiger partial charge in [-0.3, -0.25) is 4.90 Å². The molecule has 0 amide bonds. The van der Waals surface area contributed by atoms with Gasteiger partial charge in [-0.05, 0) is 39.8 Å². The Morgan fingerprint density at radius 1 is 1.07 bits per heavy atom. The Balaban J connectivity index is 3.60. The standard InChI is InChI=1S/C10H25N3O/c1-10(2)14-9-13(7-3-5-11)8-4-6-12/h10H,3-9,11-12H2,1-2H3. The summed E-state index contributed by atoms with van der Waals surface area (Å²) in [7, 11) is 0. The molecule has 14 heavy (non-hydrogen) atoms. The van der Waals surface area contributed by atoms with E-state index in [1.807, 2.05) is 13.8 Å². The van der Waals surface area contributed by atoms with Crippen LogP contribution in [0, 0.1) is 0 Å². The highest BCUT2D eigenvalue weighted by molar-refractivity contribution is 4.55. The zero-order valence-corrected chi connectivity index (χ0v) is 9.54. The minimum Gasteiger partial charge on any atom is -0.363 e. The Hall–Kier alpha value is -0.160. The van der Waals surface area contributed by atoms with Crippen molar-refractivity contribution in [2.75, 3.05) is 32.9 Å². The van der Waals surface area contributed by atoms with E-state index in [2.05, 4.69) is 4.90 Å². The maximum atomic E-state index is 5.54. The van der Waals surface area contributed by atoms with Gasteiger partial charge in [0.15, 0.2) is 0 Å². The van der Waals surface area contributed by atoms with Gasteiger partial charge in [-0.15, -0.1) is 0 Å². The molecule has 0 rings (SSSR count). The van der Waals surface area contributed by atoms with Crippen LogP contribution in [0.15, 0.2) is 0 Å². The number of nitrogens with two attached hydrogens (primary N) is 2. The second-order valence-electron chi connectivity index (χ2n) is 3.75. The molecule has 0 aliphatic heterocycles. The van der Waals surface area contributed by atoms with Crippen LogP contribution < -0.4 is 11.5 Å². The van der Waals surface area contributed by atoms with Crippen molar-refractivity contribution in [2.24, 2.45) is 11.5 Å². The van der Waals surface area contributed by atoms with Crippen LogP contribution in [-0.4, -0.2) is 43.9 Å². The minimum atomic E-state index is 0.285. The Morgan fingerprint density at radius 3 is 1.93 bits per heavy atom. The van der Waals surface area contributed by atoms with Crippen LogP contribution in [-0.2, 0) is 4.74 Å². The molecule has 0 fully saturated rings. The Kier molecular flexibility index (Phi) is 9.29. The molecule has 0 aromatic rings. The van der Waals surface area contributed by atoms with E-state index >= 15 is 0 Å². The van der Waals surface area contributed by atoms with Crippen LogP contribution in [0.1, 0.15) is 26.7 Å². The fraction of sp³-hybridized carbons (Fsp3) is 1.00. The molecule has 0 atom stereocenters. The lowest BCUT2D eigenvalue weighted by atomic mass is 10.3. The lowest BCUT2D eigenvalue weighted by Gasteiger charge is -2.22. The molecule has 0 saturated carbocycles. The van der Waals surface area contributed by atoms with Crippen molar-refractivity contribution >= 4 is 0 Å². The molecule has 0 aliphatic carbocycles. The summed E-state index contributed by atoms with van der Waals surface area (Å²) in [6, 6.07) is 0. The highest BCUT2D eigenvalue weighted by Gasteiger charge is 2.04. The second-order valence-corrected chi connectivity index (χ2v) is 3.75. The summed E-state index contributed by atoms with van der Waals surface area (Å²) >= 11 is 0. The quantitative estimate of drug-likeness (QED) is 0.531. The molecule has 0 unspecified atom stereocenters. The zero-order chi connectivity index (χ0) is 10.8. The summed E-state index contributed by atoms with van der Waals surface area (Å²) in [5.41, 5.74) is 10.9. The fourth-order valence-electron chi connectivity index (χ4n) is 1.13. The van der Waals surface area contributed by atoms with Gasteiger partial charge >= 0.3 is 0 Å². The number of rotatable bonds is 9. The van der Waals surface area contributed by atoms with Gasteiger partial charge in [0.1, 0.15) is 0 Å². The topological polar surface area (TPSA) is 64.5 Å². The van der Waals surface area contributed by atoms with Crippen molar-refractivity contribution in [3.63, 3.8) is 0 Å². The highest BCUT2D eigenvalue weighted by atomic mass is 16.5. The van der Waals surface area contributed by atoms with Crippen molar-refractivity contribution in [1.82, 2.24) is 4.90 Å². The van der Waals surface area contributed by atoms with E-state index < -0.39 is 0 Å². The number of ether oxygens (including phenoxy) is 1. The van der Waals surface area contributed by atoms with Crippen molar-refractivity contribution in [1.29, 1.82) is 0 Å². The first-order valence-electron chi connectivity index (χ1n) is 5.44. The van der Waals surface area contributed by atoms with Gasteiger partial charge in [-0.2, -0.15) is 0 Å². The molecule has 0 radical (unpaired) electrons. The van der Waals surface area contributed by atoms with E-state index in [4.69, 9.17) is 16.2 Å². The molecule has 0 bridgehead atoms. The van der Waals surface area contributed by atoms with Crippen LogP contribution >= 0.6 is 0 Å². The summed E-state index contributed by atoms with van der Waals surface area (Å²) in [5, 5.41) is 0. The molecule has 0 saturated heterocycles. The largest absolute Gasteiger partial charge is 0.363 e. The van der Waals surface area contributed by atoms with Crippen LogP contribution in [0.2, 0.25) is 0 Å². The third-order valence-electron chi connectivity index (χ3n) is 1.95. The number of hydrogen-bond acceptors (Lipinski definition) is 4. The summed E-state index contributed by atoms with van der Waals surface area (Å²) in [6.07, 6.45) is 2.33. The van der Waals surface area contributed by atoms with Crippen molar-refractivity contribution in [3.8, 4) is 0 Å². The lowest BCUT2D eigenvalue weighted by molar-refractivity contribution is -0.00693. The van der Waals surface area contributed by atoms with Crippen LogP contribution in [0.4, 0.5) is 0 Å². The van der Waals surface area contributed by atoms with Crippen molar-refractivity contribution in [2.45, 2.75) is 32.8 Å². The van der Waals surface area contributed by atoms with E-state index in [0.29, 0.717) is 6.73 Å². The molecular weight excluding hydrogens is 178 g/mol. The summed E-state index contributed by atoms with van der Waals surface area (Å²) in [4.78, 5) is 2.26. The second kappa shape index (κ2) is 9.40. The summed E-state index contributed by atoms with van der Waals surface area (Å²) in [6.45, 7) is 8.26. The number of nitrogens with zero attached hydrogens (tertiary/aromatic N) is 1. The highest BCUT2D eigenvalue weighted by Crippen LogP contribution is 1.96. The van der Waals surface area contributed by atoms with Crippen LogP contribution in [0.3, 0.4) is 0 Å². The first kappa shape index (κ1) is 13.8. The van der Waals surface area contributed by atoms with E-state index in [1.165, 1.54) is 0 Å². The molecule has 0 aliphatic rings. The van der Waals surface area contributed by atoms with Gasteiger partial charge in [0.25, 0.3) is 0 Å². The van der Waals surface area contributed by atoms with Gasteiger partial charge in [-0.25, -0.2) is 0 Å². The molecular formula is C10H25N3O. The minimum absolute atomic E-state index is 0.285. The molecule has 0 spiro atoms. The monoisotopic (exact) mass is 203 g/mol. The zero-order valence-electron chi connectivity index (χ0n) is 9.54. The predicted octanol–water partition coefficient (Wildman–Crippen LogP) is 0.369. The Morgan fingerprint density at radius 2 is 1.57 bits per heavy atom. The lowest BCUT2D eigenvalue weighted by Crippen LogP contribution is -2.32. The smallest absolute Gasteiger partial charge is 0.0993 e. The van der Waals surface area contributed by atoms with Gasteiger partial charge in [-0.1, -0.05) is 0 Å². The third-order valence-corrected chi connectivity index (χ3v) is 1.95. The molecule has 4 N–H and O–H groups in total. The Labute approximate surface area is 87.6 Å². The maximum Gasteiger partial charge on any atom is 0.0993 e. The van der Waals surface area contributed by atoms with Gasteiger partial charge in [0.2, 0.25) is 0 Å².